The van der Waals surface area contributed by atoms with Crippen molar-refractivity contribution < 1.29 is 0 Å². The van der Waals surface area contributed by atoms with Crippen LogP contribution in [0.5, 0.6) is 0 Å². The molecule has 1 aliphatic heterocycles. The van der Waals surface area contributed by atoms with Gasteiger partial charge < -0.3 is 10.2 Å². The molecule has 3 nitrogen and oxygen atoms in total. The van der Waals surface area contributed by atoms with Gasteiger partial charge in [-0.05, 0) is 69.7 Å². The SMILES string of the molecule is Cc1cc(N2CCCC2C)c2ccc(NCC3CC3)cc2n1. The molecule has 1 atom stereocenters. The zero-order valence-corrected chi connectivity index (χ0v) is 13.6. The molecule has 1 saturated carbocycles. The Bertz CT molecular complexity index is 690. The summed E-state index contributed by atoms with van der Waals surface area (Å²) in [6.45, 7) is 6.71. The number of aryl methyl sites for hydroxylation is 1. The molecule has 1 aromatic heterocycles. The maximum atomic E-state index is 4.77. The lowest BCUT2D eigenvalue weighted by Gasteiger charge is -2.25. The van der Waals surface area contributed by atoms with Gasteiger partial charge in [-0.1, -0.05) is 0 Å². The fourth-order valence-corrected chi connectivity index (χ4v) is 3.56. The maximum Gasteiger partial charge on any atom is 0.0746 e. The second kappa shape index (κ2) is 5.45. The summed E-state index contributed by atoms with van der Waals surface area (Å²) in [5.74, 6) is 0.891. The minimum atomic E-state index is 0.637. The van der Waals surface area contributed by atoms with Gasteiger partial charge in [-0.25, -0.2) is 0 Å². The Balaban J connectivity index is 1.70. The van der Waals surface area contributed by atoms with Crippen molar-refractivity contribution in [1.82, 2.24) is 4.98 Å². The van der Waals surface area contributed by atoms with Crippen LogP contribution in [-0.4, -0.2) is 24.1 Å². The highest BCUT2D eigenvalue weighted by molar-refractivity contribution is 5.94. The summed E-state index contributed by atoms with van der Waals surface area (Å²) in [4.78, 5) is 7.32. The molecule has 3 heteroatoms. The minimum Gasteiger partial charge on any atom is -0.385 e. The fraction of sp³-hybridized carbons (Fsp3) is 0.526. The van der Waals surface area contributed by atoms with Crippen LogP contribution in [0.2, 0.25) is 0 Å². The number of pyridine rings is 1. The first kappa shape index (κ1) is 13.9. The molecule has 1 aromatic carbocycles. The summed E-state index contributed by atoms with van der Waals surface area (Å²) in [7, 11) is 0. The van der Waals surface area contributed by atoms with Crippen molar-refractivity contribution in [3.8, 4) is 0 Å². The highest BCUT2D eigenvalue weighted by Crippen LogP contribution is 2.34. The topological polar surface area (TPSA) is 28.2 Å². The molecule has 2 aliphatic rings. The van der Waals surface area contributed by atoms with Crippen LogP contribution in [0.15, 0.2) is 24.3 Å². The summed E-state index contributed by atoms with van der Waals surface area (Å²) in [6.07, 6.45) is 5.36. The van der Waals surface area contributed by atoms with Crippen LogP contribution < -0.4 is 10.2 Å². The van der Waals surface area contributed by atoms with E-state index in [-0.39, 0.29) is 0 Å². The molecule has 1 aliphatic carbocycles. The molecule has 2 heterocycles. The van der Waals surface area contributed by atoms with Crippen molar-refractivity contribution in [1.29, 1.82) is 0 Å². The molecule has 116 valence electrons. The molecule has 1 N–H and O–H groups in total. The number of hydrogen-bond donors (Lipinski definition) is 1. The molecular weight excluding hydrogens is 270 g/mol. The van der Waals surface area contributed by atoms with Crippen LogP contribution >= 0.6 is 0 Å². The van der Waals surface area contributed by atoms with E-state index in [4.69, 9.17) is 4.98 Å². The highest BCUT2D eigenvalue weighted by atomic mass is 15.2. The summed E-state index contributed by atoms with van der Waals surface area (Å²) < 4.78 is 0. The molecule has 0 bridgehead atoms. The average Bonchev–Trinajstić information content (AvgIpc) is 3.24. The first-order valence-electron chi connectivity index (χ1n) is 8.62. The summed E-state index contributed by atoms with van der Waals surface area (Å²) >= 11 is 0. The predicted molar refractivity (Wildman–Crippen MR) is 93.7 cm³/mol. The normalized spacial score (nSPS) is 21.5. The van der Waals surface area contributed by atoms with E-state index < -0.39 is 0 Å². The molecule has 4 rings (SSSR count). The Labute approximate surface area is 132 Å². The van der Waals surface area contributed by atoms with Crippen LogP contribution in [0.4, 0.5) is 11.4 Å². The predicted octanol–water partition coefficient (Wildman–Crippen LogP) is 4.35. The first-order chi connectivity index (χ1) is 10.7. The summed E-state index contributed by atoms with van der Waals surface area (Å²) in [5.41, 5.74) is 4.80. The van der Waals surface area contributed by atoms with Crippen molar-refractivity contribution in [2.45, 2.75) is 45.6 Å². The van der Waals surface area contributed by atoms with Gasteiger partial charge in [0, 0.05) is 41.6 Å². The first-order valence-corrected chi connectivity index (χ1v) is 8.62. The number of nitrogens with one attached hydrogen (secondary N) is 1. The van der Waals surface area contributed by atoms with Gasteiger partial charge in [-0.15, -0.1) is 0 Å². The fourth-order valence-electron chi connectivity index (χ4n) is 3.56. The number of anilines is 2. The number of aromatic nitrogens is 1. The molecule has 0 amide bonds. The van der Waals surface area contributed by atoms with Gasteiger partial charge in [-0.3, -0.25) is 4.98 Å². The van der Waals surface area contributed by atoms with Crippen LogP contribution in [0.1, 0.15) is 38.3 Å². The second-order valence-corrected chi connectivity index (χ2v) is 7.02. The number of rotatable bonds is 4. The minimum absolute atomic E-state index is 0.637. The van der Waals surface area contributed by atoms with E-state index in [2.05, 4.69) is 48.3 Å². The molecule has 0 spiro atoms. The largest absolute Gasteiger partial charge is 0.385 e. The number of fused-ring (bicyclic) bond motifs is 1. The quantitative estimate of drug-likeness (QED) is 0.908. The van der Waals surface area contributed by atoms with Gasteiger partial charge in [0.2, 0.25) is 0 Å². The van der Waals surface area contributed by atoms with Gasteiger partial charge in [-0.2, -0.15) is 0 Å². The van der Waals surface area contributed by atoms with Gasteiger partial charge in [0.05, 0.1) is 5.52 Å². The summed E-state index contributed by atoms with van der Waals surface area (Å²) in [6, 6.07) is 9.57. The van der Waals surface area contributed by atoms with Crippen molar-refractivity contribution in [3.05, 3.63) is 30.0 Å². The Morgan fingerprint density at radius 3 is 2.82 bits per heavy atom. The number of hydrogen-bond acceptors (Lipinski definition) is 3. The van der Waals surface area contributed by atoms with Gasteiger partial charge in [0.1, 0.15) is 0 Å². The molecule has 0 radical (unpaired) electrons. The molecular formula is C19H25N3. The summed E-state index contributed by atoms with van der Waals surface area (Å²) in [5, 5.41) is 4.85. The zero-order valence-electron chi connectivity index (χ0n) is 13.6. The molecule has 2 fully saturated rings. The third kappa shape index (κ3) is 2.65. The lowest BCUT2D eigenvalue weighted by atomic mass is 10.1. The highest BCUT2D eigenvalue weighted by Gasteiger charge is 2.23. The van der Waals surface area contributed by atoms with Crippen LogP contribution in [0.3, 0.4) is 0 Å². The third-order valence-electron chi connectivity index (χ3n) is 5.07. The lowest BCUT2D eigenvalue weighted by Crippen LogP contribution is -2.26. The van der Waals surface area contributed by atoms with Crippen molar-refractivity contribution >= 4 is 22.3 Å². The van der Waals surface area contributed by atoms with Crippen molar-refractivity contribution in [2.24, 2.45) is 5.92 Å². The average molecular weight is 295 g/mol. The Morgan fingerprint density at radius 1 is 1.23 bits per heavy atom. The van der Waals surface area contributed by atoms with Gasteiger partial charge >= 0.3 is 0 Å². The van der Waals surface area contributed by atoms with Gasteiger partial charge in [0.25, 0.3) is 0 Å². The standard InChI is InChI=1S/C19H25N3/c1-13-10-19(22-9-3-4-14(22)2)17-8-7-16(11-18(17)21-13)20-12-15-5-6-15/h7-8,10-11,14-15,20H,3-6,9,12H2,1-2H3. The van der Waals surface area contributed by atoms with Crippen molar-refractivity contribution in [3.63, 3.8) is 0 Å². The van der Waals surface area contributed by atoms with E-state index in [1.54, 1.807) is 0 Å². The van der Waals surface area contributed by atoms with E-state index >= 15 is 0 Å². The number of benzene rings is 1. The Kier molecular flexibility index (Phi) is 3.44. The smallest absolute Gasteiger partial charge is 0.0746 e. The van der Waals surface area contributed by atoms with Gasteiger partial charge in [0.15, 0.2) is 0 Å². The maximum absolute atomic E-state index is 4.77. The Hall–Kier alpha value is -1.77. The van der Waals surface area contributed by atoms with Crippen LogP contribution in [0.25, 0.3) is 10.9 Å². The molecule has 2 aromatic rings. The molecule has 1 unspecified atom stereocenters. The van der Waals surface area contributed by atoms with E-state index in [9.17, 15) is 0 Å². The number of nitrogens with zero attached hydrogens (tertiary/aromatic N) is 2. The monoisotopic (exact) mass is 295 g/mol. The zero-order chi connectivity index (χ0) is 15.1. The third-order valence-corrected chi connectivity index (χ3v) is 5.07. The molecule has 1 saturated heterocycles. The van der Waals surface area contributed by atoms with E-state index in [1.165, 1.54) is 49.0 Å². The van der Waals surface area contributed by atoms with E-state index in [0.29, 0.717) is 6.04 Å². The van der Waals surface area contributed by atoms with E-state index in [1.807, 2.05) is 0 Å². The van der Waals surface area contributed by atoms with Crippen LogP contribution in [0, 0.1) is 12.8 Å². The lowest BCUT2D eigenvalue weighted by molar-refractivity contribution is 0.736. The second-order valence-electron chi connectivity index (χ2n) is 7.02. The molecule has 22 heavy (non-hydrogen) atoms. The van der Waals surface area contributed by atoms with Crippen LogP contribution in [-0.2, 0) is 0 Å². The van der Waals surface area contributed by atoms with E-state index in [0.717, 1.165) is 23.7 Å². The Morgan fingerprint density at radius 2 is 2.09 bits per heavy atom. The van der Waals surface area contributed by atoms with Crippen molar-refractivity contribution in [2.75, 3.05) is 23.3 Å².